The number of hydrogen-bond acceptors (Lipinski definition) is 7. The summed E-state index contributed by atoms with van der Waals surface area (Å²) >= 11 is 8.74. The monoisotopic (exact) mass is 944 g/mol. The molecule has 0 atom stereocenters. The first kappa shape index (κ1) is 38.5. The van der Waals surface area contributed by atoms with Crippen LogP contribution in [0.1, 0.15) is 45.0 Å². The summed E-state index contributed by atoms with van der Waals surface area (Å²) in [4.78, 5) is 34.6. The van der Waals surface area contributed by atoms with Gasteiger partial charge in [0.25, 0.3) is 0 Å². The first-order valence-corrected chi connectivity index (χ1v) is 24.0. The van der Waals surface area contributed by atoms with E-state index >= 15 is 0 Å². The Kier molecular flexibility index (Phi) is 9.71. The fraction of sp³-hybridized carbons (Fsp3) is 0. The second-order valence-electron chi connectivity index (χ2n) is 15.5. The number of nitrogens with one attached hydrogen (secondary N) is 4. The zero-order valence-corrected chi connectivity index (χ0v) is 37.7. The Labute approximate surface area is 386 Å². The summed E-state index contributed by atoms with van der Waals surface area (Å²) in [5.74, 6) is 0. The molecule has 12 rings (SSSR count). The first-order valence-electron chi connectivity index (χ1n) is 20.4. The maximum Gasteiger partial charge on any atom is 0.0486 e. The molecule has 12 heterocycles. The number of halogens is 1. The van der Waals surface area contributed by atoms with Gasteiger partial charge in [-0.25, -0.2) is 0 Å². The minimum absolute atomic E-state index is 0.885. The second-order valence-corrected chi connectivity index (χ2v) is 18.7. The number of H-pyrrole nitrogens is 4. The van der Waals surface area contributed by atoms with Crippen molar-refractivity contribution in [3.05, 3.63) is 244 Å². The van der Waals surface area contributed by atoms with Crippen molar-refractivity contribution < 1.29 is 0 Å². The van der Waals surface area contributed by atoms with Crippen molar-refractivity contribution in [3.63, 3.8) is 0 Å². The van der Waals surface area contributed by atoms with Gasteiger partial charge in [0.2, 0.25) is 0 Å². The number of pyridine rings is 4. The third-order valence-corrected chi connectivity index (χ3v) is 14.0. The van der Waals surface area contributed by atoms with E-state index in [9.17, 15) is 0 Å². The predicted octanol–water partition coefficient (Wildman–Crippen LogP) is 9.83. The standard InChI is InChI=1S/C52H33BrN8S3/c53-40-18-39(25-57-26-40)52-47-7-5-45(60-47)50(37-16-34(20-55-23-37)31-10-13-63-28-31)43-3-1-41(58-43)49(36-15-33(19-54-22-36)30-9-12-62-27-30)42-2-4-44(59-42)51(46-6-8-48(52)61-46)38-17-35(21-56-24-38)32-11-14-64-29-32/h1-29,58-61H. The van der Waals surface area contributed by atoms with E-state index in [1.165, 1.54) is 0 Å². The molecule has 11 aromatic heterocycles. The first-order chi connectivity index (χ1) is 31.6. The number of aromatic nitrogens is 8. The summed E-state index contributed by atoms with van der Waals surface area (Å²) in [7, 11) is 0. The summed E-state index contributed by atoms with van der Waals surface area (Å²) < 4.78 is 0.885. The van der Waals surface area contributed by atoms with Crippen LogP contribution in [0.15, 0.2) is 177 Å². The Morgan fingerprint density at radius 2 is 0.625 bits per heavy atom. The second kappa shape index (κ2) is 16.2. The van der Waals surface area contributed by atoms with E-state index in [0.717, 1.165) is 127 Å². The van der Waals surface area contributed by atoms with E-state index in [0.29, 0.717) is 0 Å². The van der Waals surface area contributed by atoms with Crippen LogP contribution in [0.4, 0.5) is 0 Å². The number of thiophene rings is 3. The van der Waals surface area contributed by atoms with E-state index in [1.54, 1.807) is 34.0 Å². The van der Waals surface area contributed by atoms with Crippen molar-refractivity contribution in [2.45, 2.75) is 0 Å². The van der Waals surface area contributed by atoms with E-state index in [-0.39, 0.29) is 0 Å². The molecule has 0 saturated carbocycles. The fourth-order valence-electron chi connectivity index (χ4n) is 8.61. The van der Waals surface area contributed by atoms with Crippen LogP contribution in [0.5, 0.6) is 0 Å². The molecule has 0 unspecified atom stereocenters. The number of aromatic amines is 4. The molecule has 64 heavy (non-hydrogen) atoms. The van der Waals surface area contributed by atoms with Gasteiger partial charge >= 0.3 is 0 Å². The molecule has 12 heteroatoms. The zero-order chi connectivity index (χ0) is 42.6. The summed E-state index contributed by atoms with van der Waals surface area (Å²) in [5.41, 5.74) is 18.1. The molecule has 8 bridgehead atoms. The maximum atomic E-state index is 4.81. The van der Waals surface area contributed by atoms with Crippen LogP contribution < -0.4 is 21.4 Å². The summed E-state index contributed by atoms with van der Waals surface area (Å²) in [5, 5.41) is 16.5. The quantitative estimate of drug-likeness (QED) is 0.127. The highest BCUT2D eigenvalue weighted by molar-refractivity contribution is 9.10. The molecule has 0 fully saturated rings. The molecule has 8 nitrogen and oxygen atoms in total. The van der Waals surface area contributed by atoms with Gasteiger partial charge in [0.05, 0.1) is 0 Å². The average Bonchev–Trinajstić information content (AvgIpc) is 4.17. The highest BCUT2D eigenvalue weighted by Gasteiger charge is 2.20. The van der Waals surface area contributed by atoms with Crippen molar-refractivity contribution in [1.82, 2.24) is 39.9 Å². The summed E-state index contributed by atoms with van der Waals surface area (Å²) in [6.45, 7) is 0. The van der Waals surface area contributed by atoms with Crippen molar-refractivity contribution in [1.29, 1.82) is 0 Å². The fourth-order valence-corrected chi connectivity index (χ4v) is 11.0. The number of rotatable bonds is 7. The smallest absolute Gasteiger partial charge is 0.0486 e. The van der Waals surface area contributed by atoms with Crippen molar-refractivity contribution in [3.8, 4) is 33.4 Å². The molecule has 0 radical (unpaired) electrons. The van der Waals surface area contributed by atoms with Crippen LogP contribution in [0, 0.1) is 0 Å². The topological polar surface area (TPSA) is 115 Å². The average molecular weight is 946 g/mol. The Bertz CT molecular complexity index is 3760. The Morgan fingerprint density at radius 3 is 0.938 bits per heavy atom. The zero-order valence-electron chi connectivity index (χ0n) is 33.6. The van der Waals surface area contributed by atoms with Crippen molar-refractivity contribution >= 4 is 72.2 Å². The van der Waals surface area contributed by atoms with Crippen molar-refractivity contribution in [2.75, 3.05) is 0 Å². The summed E-state index contributed by atoms with van der Waals surface area (Å²) in [6.07, 6.45) is 15.3. The largest absolute Gasteiger partial charge is 0.354 e. The predicted molar refractivity (Wildman–Crippen MR) is 263 cm³/mol. The molecule has 11 aromatic rings. The molecular formula is C52H33BrN8S3. The third-order valence-electron chi connectivity index (χ3n) is 11.5. The normalized spacial score (nSPS) is 12.6. The van der Waals surface area contributed by atoms with Crippen LogP contribution in [-0.2, 0) is 0 Å². The molecular weight excluding hydrogens is 913 g/mol. The van der Waals surface area contributed by atoms with Gasteiger partial charge in [-0.05, 0) is 156 Å². The van der Waals surface area contributed by atoms with Gasteiger partial charge in [-0.3, -0.25) is 19.9 Å². The molecule has 0 aliphatic carbocycles. The van der Waals surface area contributed by atoms with E-state index < -0.39 is 0 Å². The van der Waals surface area contributed by atoms with Gasteiger partial charge < -0.3 is 19.9 Å². The van der Waals surface area contributed by atoms with Gasteiger partial charge in [-0.2, -0.15) is 34.0 Å². The third kappa shape index (κ3) is 7.06. The Balaban J connectivity index is 1.19. The van der Waals surface area contributed by atoms with Gasteiger partial charge in [0.1, 0.15) is 0 Å². The van der Waals surface area contributed by atoms with Gasteiger partial charge in [0.15, 0.2) is 0 Å². The number of fused-ring (bicyclic) bond motifs is 8. The van der Waals surface area contributed by atoms with Gasteiger partial charge in [-0.1, -0.05) is 0 Å². The van der Waals surface area contributed by atoms with Gasteiger partial charge in [-0.15, -0.1) is 0 Å². The molecule has 1 aliphatic heterocycles. The Hall–Kier alpha value is -7.22. The lowest BCUT2D eigenvalue weighted by Gasteiger charge is -2.11. The number of hydrogen-bond donors (Lipinski definition) is 4. The maximum absolute atomic E-state index is 4.81. The van der Waals surface area contributed by atoms with Crippen LogP contribution in [-0.4, -0.2) is 39.9 Å². The molecule has 0 aromatic carbocycles. The van der Waals surface area contributed by atoms with E-state index in [4.69, 9.17) is 15.0 Å². The lowest BCUT2D eigenvalue weighted by molar-refractivity contribution is 1.17. The number of nitrogens with zero attached hydrogens (tertiary/aromatic N) is 4. The Morgan fingerprint density at radius 1 is 0.312 bits per heavy atom. The molecule has 4 N–H and O–H groups in total. The van der Waals surface area contributed by atoms with Crippen LogP contribution in [0.25, 0.3) is 55.7 Å². The molecule has 0 amide bonds. The minimum Gasteiger partial charge on any atom is -0.354 e. The highest BCUT2D eigenvalue weighted by Crippen LogP contribution is 2.32. The molecule has 0 saturated heterocycles. The molecule has 0 spiro atoms. The van der Waals surface area contributed by atoms with Crippen LogP contribution >= 0.6 is 49.9 Å². The lowest BCUT2D eigenvalue weighted by Crippen LogP contribution is -2.19. The SMILES string of the molecule is Brc1cncc(C2=c3ccc([nH]3)=C(c3cncc(-c4ccsc4)c3)c3ccc([nH]3)C(c3cncc(-c4ccsc4)c3)=c3ccc([nH]3)=C(c3cncc(-c4ccsc4)c3)c3ccc2[nH]3)c1. The van der Waals surface area contributed by atoms with Crippen molar-refractivity contribution in [2.24, 2.45) is 0 Å². The lowest BCUT2D eigenvalue weighted by atomic mass is 10.0. The van der Waals surface area contributed by atoms with E-state index in [2.05, 4.69) is 164 Å². The summed E-state index contributed by atoms with van der Waals surface area (Å²) in [6, 6.07) is 32.5. The van der Waals surface area contributed by atoms with Gasteiger partial charge in [0, 0.05) is 159 Å². The molecule has 306 valence electrons. The van der Waals surface area contributed by atoms with Crippen LogP contribution in [0.2, 0.25) is 0 Å². The van der Waals surface area contributed by atoms with E-state index in [1.807, 2.05) is 49.6 Å². The van der Waals surface area contributed by atoms with Crippen LogP contribution in [0.3, 0.4) is 0 Å². The molecule has 1 aliphatic rings. The highest BCUT2D eigenvalue weighted by atomic mass is 79.9. The minimum atomic E-state index is 0.885.